The molecule has 102 valence electrons. The predicted octanol–water partition coefficient (Wildman–Crippen LogP) is 4.71. The third-order valence-corrected chi connectivity index (χ3v) is 5.09. The molecule has 0 N–H and O–H groups in total. The summed E-state index contributed by atoms with van der Waals surface area (Å²) in [5, 5.41) is -0.0404. The van der Waals surface area contributed by atoms with Crippen LogP contribution in [0.2, 0.25) is 0 Å². The zero-order valence-electron chi connectivity index (χ0n) is 11.4. The lowest BCUT2D eigenvalue weighted by Gasteiger charge is -2.26. The minimum Gasteiger partial charge on any atom is -0.323 e. The van der Waals surface area contributed by atoms with Crippen molar-refractivity contribution in [3.63, 3.8) is 0 Å². The van der Waals surface area contributed by atoms with Crippen molar-refractivity contribution in [3.05, 3.63) is 29.6 Å². The SMILES string of the molecule is Cc1cccc2nc(C(C)Cl)n(C3CCSCC3)c12. The number of hydrogen-bond acceptors (Lipinski definition) is 2. The molecule has 2 heterocycles. The van der Waals surface area contributed by atoms with Crippen LogP contribution < -0.4 is 0 Å². The van der Waals surface area contributed by atoms with E-state index in [1.807, 2.05) is 6.92 Å². The first-order chi connectivity index (χ1) is 9.18. The Morgan fingerprint density at radius 1 is 1.37 bits per heavy atom. The van der Waals surface area contributed by atoms with Crippen molar-refractivity contribution in [3.8, 4) is 0 Å². The number of hydrogen-bond donors (Lipinski definition) is 0. The lowest BCUT2D eigenvalue weighted by molar-refractivity contribution is 0.464. The van der Waals surface area contributed by atoms with E-state index in [0.717, 1.165) is 11.3 Å². The number of rotatable bonds is 2. The van der Waals surface area contributed by atoms with Gasteiger partial charge in [0.2, 0.25) is 0 Å². The number of halogens is 1. The summed E-state index contributed by atoms with van der Waals surface area (Å²) < 4.78 is 2.42. The summed E-state index contributed by atoms with van der Waals surface area (Å²) in [5.74, 6) is 3.52. The van der Waals surface area contributed by atoms with Gasteiger partial charge in [0.1, 0.15) is 5.82 Å². The van der Waals surface area contributed by atoms with Crippen molar-refractivity contribution >= 4 is 34.4 Å². The Morgan fingerprint density at radius 3 is 2.79 bits per heavy atom. The molecule has 3 rings (SSSR count). The minimum atomic E-state index is -0.0404. The highest BCUT2D eigenvalue weighted by atomic mass is 35.5. The van der Waals surface area contributed by atoms with Crippen LogP contribution >= 0.6 is 23.4 Å². The molecule has 1 aliphatic rings. The molecule has 1 atom stereocenters. The van der Waals surface area contributed by atoms with Gasteiger partial charge in [-0.25, -0.2) is 4.98 Å². The monoisotopic (exact) mass is 294 g/mol. The number of benzene rings is 1. The van der Waals surface area contributed by atoms with E-state index in [0.29, 0.717) is 6.04 Å². The van der Waals surface area contributed by atoms with Crippen LogP contribution in [0.3, 0.4) is 0 Å². The van der Waals surface area contributed by atoms with Gasteiger partial charge in [-0.1, -0.05) is 12.1 Å². The summed E-state index contributed by atoms with van der Waals surface area (Å²) in [7, 11) is 0. The molecule has 0 saturated carbocycles. The van der Waals surface area contributed by atoms with Crippen LogP contribution in [-0.2, 0) is 0 Å². The second-order valence-corrected chi connectivity index (χ2v) is 7.12. The maximum Gasteiger partial charge on any atom is 0.127 e. The molecule has 1 aromatic heterocycles. The molecular formula is C15H19ClN2S. The maximum absolute atomic E-state index is 6.36. The molecule has 0 spiro atoms. The number of nitrogens with zero attached hydrogens (tertiary/aromatic N) is 2. The van der Waals surface area contributed by atoms with E-state index < -0.39 is 0 Å². The molecule has 1 fully saturated rings. The molecule has 2 aromatic rings. The average Bonchev–Trinajstić information content (AvgIpc) is 2.81. The number of thioether (sulfide) groups is 1. The average molecular weight is 295 g/mol. The first kappa shape index (κ1) is 13.3. The third-order valence-electron chi connectivity index (χ3n) is 3.85. The molecule has 0 amide bonds. The maximum atomic E-state index is 6.36. The smallest absolute Gasteiger partial charge is 0.127 e. The summed E-state index contributed by atoms with van der Waals surface area (Å²) in [6, 6.07) is 6.90. The predicted molar refractivity (Wildman–Crippen MR) is 84.3 cm³/mol. The van der Waals surface area contributed by atoms with Crippen LogP contribution in [0.5, 0.6) is 0 Å². The highest BCUT2D eigenvalue weighted by Gasteiger charge is 2.24. The molecular weight excluding hydrogens is 276 g/mol. The molecule has 4 heteroatoms. The molecule has 0 bridgehead atoms. The van der Waals surface area contributed by atoms with Crippen molar-refractivity contribution in [2.45, 2.75) is 38.1 Å². The number of para-hydroxylation sites is 1. The van der Waals surface area contributed by atoms with Gasteiger partial charge in [-0.3, -0.25) is 0 Å². The Kier molecular flexibility index (Phi) is 3.77. The second-order valence-electron chi connectivity index (χ2n) is 5.24. The number of alkyl halides is 1. The van der Waals surface area contributed by atoms with Gasteiger partial charge in [-0.05, 0) is 49.8 Å². The van der Waals surface area contributed by atoms with Crippen LogP contribution in [0.15, 0.2) is 18.2 Å². The summed E-state index contributed by atoms with van der Waals surface area (Å²) in [4.78, 5) is 4.77. The van der Waals surface area contributed by atoms with Gasteiger partial charge in [0, 0.05) is 6.04 Å². The Bertz CT molecular complexity index is 585. The molecule has 0 radical (unpaired) electrons. The van der Waals surface area contributed by atoms with Gasteiger partial charge in [0.05, 0.1) is 16.4 Å². The zero-order valence-corrected chi connectivity index (χ0v) is 13.0. The Balaban J connectivity index is 2.20. The van der Waals surface area contributed by atoms with Crippen molar-refractivity contribution in [2.24, 2.45) is 0 Å². The number of aromatic nitrogens is 2. The van der Waals surface area contributed by atoms with Crippen LogP contribution in [0.4, 0.5) is 0 Å². The van der Waals surface area contributed by atoms with E-state index in [1.165, 1.54) is 35.4 Å². The standard InChI is InChI=1S/C15H19ClN2S/c1-10-4-3-5-13-14(10)18(15(17-13)11(2)16)12-6-8-19-9-7-12/h3-5,11-12H,6-9H2,1-2H3. The van der Waals surface area contributed by atoms with E-state index in [2.05, 4.69) is 41.5 Å². The largest absolute Gasteiger partial charge is 0.323 e. The van der Waals surface area contributed by atoms with Crippen molar-refractivity contribution in [1.82, 2.24) is 9.55 Å². The Hall–Kier alpha value is -0.670. The van der Waals surface area contributed by atoms with Crippen molar-refractivity contribution in [1.29, 1.82) is 0 Å². The Morgan fingerprint density at radius 2 is 2.11 bits per heavy atom. The fourth-order valence-corrected chi connectivity index (χ4v) is 4.17. The number of aryl methyl sites for hydroxylation is 1. The molecule has 2 nitrogen and oxygen atoms in total. The number of imidazole rings is 1. The van der Waals surface area contributed by atoms with Gasteiger partial charge in [-0.2, -0.15) is 11.8 Å². The highest BCUT2D eigenvalue weighted by Crippen LogP contribution is 2.35. The van der Waals surface area contributed by atoms with Crippen molar-refractivity contribution in [2.75, 3.05) is 11.5 Å². The van der Waals surface area contributed by atoms with Crippen molar-refractivity contribution < 1.29 is 0 Å². The molecule has 1 saturated heterocycles. The van der Waals surface area contributed by atoms with Crippen LogP contribution in [0.25, 0.3) is 11.0 Å². The van der Waals surface area contributed by atoms with E-state index in [4.69, 9.17) is 16.6 Å². The summed E-state index contributed by atoms with van der Waals surface area (Å²) in [5.41, 5.74) is 3.66. The molecule has 1 aromatic carbocycles. The van der Waals surface area contributed by atoms with Gasteiger partial charge >= 0.3 is 0 Å². The van der Waals surface area contributed by atoms with E-state index in [-0.39, 0.29) is 5.38 Å². The van der Waals surface area contributed by atoms with Gasteiger partial charge in [-0.15, -0.1) is 11.6 Å². The summed E-state index contributed by atoms with van der Waals surface area (Å²) >= 11 is 8.42. The summed E-state index contributed by atoms with van der Waals surface area (Å²) in [6.07, 6.45) is 2.45. The van der Waals surface area contributed by atoms with Crippen LogP contribution in [0, 0.1) is 6.92 Å². The first-order valence-electron chi connectivity index (χ1n) is 6.87. The quantitative estimate of drug-likeness (QED) is 0.746. The van der Waals surface area contributed by atoms with Crippen LogP contribution in [-0.4, -0.2) is 21.1 Å². The van der Waals surface area contributed by atoms with Crippen LogP contribution in [0.1, 0.15) is 42.6 Å². The normalized spacial score (nSPS) is 18.9. The zero-order chi connectivity index (χ0) is 13.4. The summed E-state index contributed by atoms with van der Waals surface area (Å²) in [6.45, 7) is 4.19. The fraction of sp³-hybridized carbons (Fsp3) is 0.533. The lowest BCUT2D eigenvalue weighted by atomic mass is 10.1. The van der Waals surface area contributed by atoms with E-state index in [1.54, 1.807) is 0 Å². The van der Waals surface area contributed by atoms with Gasteiger partial charge in [0.25, 0.3) is 0 Å². The first-order valence-corrected chi connectivity index (χ1v) is 8.47. The third kappa shape index (κ3) is 2.38. The Labute approximate surface area is 123 Å². The molecule has 0 aliphatic carbocycles. The minimum absolute atomic E-state index is 0.0404. The van der Waals surface area contributed by atoms with Gasteiger partial charge in [0.15, 0.2) is 0 Å². The van der Waals surface area contributed by atoms with Gasteiger partial charge < -0.3 is 4.57 Å². The molecule has 1 unspecified atom stereocenters. The second kappa shape index (κ2) is 5.37. The topological polar surface area (TPSA) is 17.8 Å². The fourth-order valence-electron chi connectivity index (χ4n) is 2.93. The van der Waals surface area contributed by atoms with E-state index >= 15 is 0 Å². The lowest BCUT2D eigenvalue weighted by Crippen LogP contribution is -2.18. The van der Waals surface area contributed by atoms with E-state index in [9.17, 15) is 0 Å². The molecule has 19 heavy (non-hydrogen) atoms. The number of fused-ring (bicyclic) bond motifs is 1. The molecule has 1 aliphatic heterocycles. The highest BCUT2D eigenvalue weighted by molar-refractivity contribution is 7.99.